The van der Waals surface area contributed by atoms with Crippen LogP contribution in [0.15, 0.2) is 24.5 Å². The molecule has 2 atom stereocenters. The highest BCUT2D eigenvalue weighted by atomic mass is 19.4. The van der Waals surface area contributed by atoms with Crippen LogP contribution in [0.4, 0.5) is 32.6 Å². The number of rotatable bonds is 4. The molecule has 1 saturated heterocycles. The van der Waals surface area contributed by atoms with Crippen molar-refractivity contribution < 1.29 is 31.5 Å². The number of aromatic amines is 1. The number of aromatic nitrogens is 3. The van der Waals surface area contributed by atoms with Gasteiger partial charge in [0.15, 0.2) is 11.6 Å². The number of urea groups is 1. The fourth-order valence-corrected chi connectivity index (χ4v) is 4.86. The van der Waals surface area contributed by atoms with Gasteiger partial charge in [-0.15, -0.1) is 0 Å². The summed E-state index contributed by atoms with van der Waals surface area (Å²) in [5.74, 6) is -2.22. The first-order chi connectivity index (χ1) is 17.7. The number of nitrogens with zero attached hydrogens (tertiary/aromatic N) is 3. The minimum atomic E-state index is -4.90. The SMILES string of the molecule is O=C(N[C@@H]1CCC[C@H](Nc2nc(-c3c[nH]c4ncc(F)cc34)c(C(F)(F)F)cc2F)C1)N1CCOCC1. The van der Waals surface area contributed by atoms with E-state index in [-0.39, 0.29) is 40.5 Å². The Morgan fingerprint density at radius 3 is 2.65 bits per heavy atom. The predicted octanol–water partition coefficient (Wildman–Crippen LogP) is 4.69. The van der Waals surface area contributed by atoms with Crippen molar-refractivity contribution in [1.29, 1.82) is 0 Å². The molecule has 3 aromatic heterocycles. The van der Waals surface area contributed by atoms with E-state index in [1.165, 1.54) is 6.20 Å². The molecule has 0 unspecified atom stereocenters. The van der Waals surface area contributed by atoms with Gasteiger partial charge in [-0.05, 0) is 37.8 Å². The molecular formula is C24H25F5N6O2. The summed E-state index contributed by atoms with van der Waals surface area (Å²) in [6.45, 7) is 1.94. The van der Waals surface area contributed by atoms with Crippen molar-refractivity contribution in [3.63, 3.8) is 0 Å². The summed E-state index contributed by atoms with van der Waals surface area (Å²) in [6.07, 6.45) is -0.167. The lowest BCUT2D eigenvalue weighted by Gasteiger charge is -2.33. The van der Waals surface area contributed by atoms with Crippen LogP contribution in [0.1, 0.15) is 31.2 Å². The molecule has 3 aromatic rings. The van der Waals surface area contributed by atoms with E-state index in [0.29, 0.717) is 45.2 Å². The number of amides is 2. The van der Waals surface area contributed by atoms with E-state index in [1.54, 1.807) is 4.90 Å². The molecule has 198 valence electrons. The van der Waals surface area contributed by atoms with E-state index in [9.17, 15) is 26.7 Å². The van der Waals surface area contributed by atoms with Crippen LogP contribution in [-0.4, -0.2) is 64.3 Å². The number of ether oxygens (including phenoxy) is 1. The molecule has 0 radical (unpaired) electrons. The first-order valence-electron chi connectivity index (χ1n) is 12.0. The summed E-state index contributed by atoms with van der Waals surface area (Å²) in [7, 11) is 0. The van der Waals surface area contributed by atoms with Crippen LogP contribution in [-0.2, 0) is 10.9 Å². The van der Waals surface area contributed by atoms with Gasteiger partial charge in [0, 0.05) is 42.3 Å². The molecule has 3 N–H and O–H groups in total. The number of hydrogen-bond donors (Lipinski definition) is 3. The molecule has 5 rings (SSSR count). The van der Waals surface area contributed by atoms with E-state index in [2.05, 4.69) is 25.6 Å². The molecular weight excluding hydrogens is 499 g/mol. The van der Waals surface area contributed by atoms with E-state index >= 15 is 0 Å². The Morgan fingerprint density at radius 2 is 1.89 bits per heavy atom. The summed E-state index contributed by atoms with van der Waals surface area (Å²) in [4.78, 5) is 24.8. The topological polar surface area (TPSA) is 95.2 Å². The lowest BCUT2D eigenvalue weighted by Crippen LogP contribution is -2.51. The fraction of sp³-hybridized carbons (Fsp3) is 0.458. The standard InChI is InChI=1S/C24H25F5N6O2/c25-13-8-16-17(12-31-21(16)30-11-13)20-18(24(27,28)29)10-19(26)22(34-20)32-14-2-1-3-15(9-14)33-23(36)35-4-6-37-7-5-35/h8,10-12,14-15H,1-7,9H2,(H,30,31)(H,32,34)(H,33,36)/t14-,15+/m0/s1. The number of morpholine rings is 1. The van der Waals surface area contributed by atoms with Gasteiger partial charge in [0.25, 0.3) is 0 Å². The Bertz CT molecular complexity index is 1290. The minimum Gasteiger partial charge on any atom is -0.378 e. The van der Waals surface area contributed by atoms with Gasteiger partial charge in [0.1, 0.15) is 11.5 Å². The quantitative estimate of drug-likeness (QED) is 0.431. The molecule has 8 nitrogen and oxygen atoms in total. The maximum atomic E-state index is 14.9. The van der Waals surface area contributed by atoms with E-state index in [1.807, 2.05) is 0 Å². The molecule has 0 bridgehead atoms. The summed E-state index contributed by atoms with van der Waals surface area (Å²) < 4.78 is 75.5. The predicted molar refractivity (Wildman–Crippen MR) is 125 cm³/mol. The maximum absolute atomic E-state index is 14.9. The van der Waals surface area contributed by atoms with E-state index < -0.39 is 29.1 Å². The molecule has 2 amide bonds. The third-order valence-electron chi connectivity index (χ3n) is 6.68. The third kappa shape index (κ3) is 5.45. The van der Waals surface area contributed by atoms with Crippen molar-refractivity contribution in [2.24, 2.45) is 0 Å². The van der Waals surface area contributed by atoms with Crippen molar-refractivity contribution in [3.05, 3.63) is 41.7 Å². The zero-order valence-electron chi connectivity index (χ0n) is 19.7. The second-order valence-corrected chi connectivity index (χ2v) is 9.22. The molecule has 4 heterocycles. The number of carbonyl (C=O) groups excluding carboxylic acids is 1. The van der Waals surface area contributed by atoms with Gasteiger partial charge in [0.2, 0.25) is 0 Å². The van der Waals surface area contributed by atoms with Gasteiger partial charge >= 0.3 is 12.2 Å². The Kier molecular flexibility index (Phi) is 6.88. The smallest absolute Gasteiger partial charge is 0.378 e. The molecule has 2 fully saturated rings. The zero-order chi connectivity index (χ0) is 26.2. The van der Waals surface area contributed by atoms with Crippen molar-refractivity contribution in [2.75, 3.05) is 31.6 Å². The third-order valence-corrected chi connectivity index (χ3v) is 6.68. The summed E-state index contributed by atoms with van der Waals surface area (Å²) in [6, 6.07) is 0.750. The zero-order valence-corrected chi connectivity index (χ0v) is 19.7. The van der Waals surface area contributed by atoms with Crippen LogP contribution >= 0.6 is 0 Å². The van der Waals surface area contributed by atoms with Gasteiger partial charge in [0.05, 0.1) is 30.7 Å². The highest BCUT2D eigenvalue weighted by Gasteiger charge is 2.37. The Balaban J connectivity index is 1.39. The highest BCUT2D eigenvalue weighted by Crippen LogP contribution is 2.40. The number of fused-ring (bicyclic) bond motifs is 1. The van der Waals surface area contributed by atoms with Gasteiger partial charge < -0.3 is 25.3 Å². The first kappa shape index (κ1) is 25.2. The van der Waals surface area contributed by atoms with Gasteiger partial charge in [-0.1, -0.05) is 0 Å². The molecule has 13 heteroatoms. The van der Waals surface area contributed by atoms with Crippen LogP contribution in [0.3, 0.4) is 0 Å². The second-order valence-electron chi connectivity index (χ2n) is 9.22. The van der Waals surface area contributed by atoms with Crippen LogP contribution in [0, 0.1) is 11.6 Å². The van der Waals surface area contributed by atoms with E-state index in [0.717, 1.165) is 25.1 Å². The monoisotopic (exact) mass is 524 g/mol. The van der Waals surface area contributed by atoms with Crippen LogP contribution < -0.4 is 10.6 Å². The molecule has 1 aliphatic carbocycles. The van der Waals surface area contributed by atoms with Crippen molar-refractivity contribution in [2.45, 2.75) is 43.9 Å². The van der Waals surface area contributed by atoms with Crippen LogP contribution in [0.25, 0.3) is 22.3 Å². The Morgan fingerprint density at radius 1 is 1.14 bits per heavy atom. The minimum absolute atomic E-state index is 0.0447. The van der Waals surface area contributed by atoms with Crippen molar-refractivity contribution >= 4 is 22.9 Å². The summed E-state index contributed by atoms with van der Waals surface area (Å²) >= 11 is 0. The number of alkyl halides is 3. The average molecular weight is 524 g/mol. The van der Waals surface area contributed by atoms with Crippen molar-refractivity contribution in [1.82, 2.24) is 25.2 Å². The average Bonchev–Trinajstić information content (AvgIpc) is 3.28. The number of hydrogen-bond acceptors (Lipinski definition) is 5. The Hall–Kier alpha value is -3.48. The van der Waals surface area contributed by atoms with Gasteiger partial charge in [-0.3, -0.25) is 0 Å². The summed E-state index contributed by atoms with van der Waals surface area (Å²) in [5.41, 5.74) is -1.68. The van der Waals surface area contributed by atoms with Gasteiger partial charge in [-0.2, -0.15) is 13.2 Å². The Labute approximate surface area is 208 Å². The largest absolute Gasteiger partial charge is 0.418 e. The molecule has 2 aliphatic rings. The molecule has 37 heavy (non-hydrogen) atoms. The number of pyridine rings is 2. The molecule has 0 spiro atoms. The second kappa shape index (κ2) is 10.1. The molecule has 1 saturated carbocycles. The maximum Gasteiger partial charge on any atom is 0.418 e. The number of H-pyrrole nitrogens is 1. The molecule has 1 aliphatic heterocycles. The number of nitrogens with one attached hydrogen (secondary N) is 3. The fourth-order valence-electron chi connectivity index (χ4n) is 4.86. The lowest BCUT2D eigenvalue weighted by atomic mass is 9.91. The van der Waals surface area contributed by atoms with Crippen LogP contribution in [0.5, 0.6) is 0 Å². The lowest BCUT2D eigenvalue weighted by molar-refractivity contribution is -0.137. The summed E-state index contributed by atoms with van der Waals surface area (Å²) in [5, 5.41) is 6.02. The number of anilines is 1. The molecule has 0 aromatic carbocycles. The normalized spacial score (nSPS) is 20.7. The van der Waals surface area contributed by atoms with Gasteiger partial charge in [-0.25, -0.2) is 23.5 Å². The van der Waals surface area contributed by atoms with E-state index in [4.69, 9.17) is 4.74 Å². The number of carbonyl (C=O) groups is 1. The highest BCUT2D eigenvalue weighted by molar-refractivity contribution is 5.93. The van der Waals surface area contributed by atoms with Crippen LogP contribution in [0.2, 0.25) is 0 Å². The van der Waals surface area contributed by atoms with Crippen molar-refractivity contribution in [3.8, 4) is 11.3 Å². The number of halogens is 5. The first-order valence-corrected chi connectivity index (χ1v) is 12.0.